The lowest BCUT2D eigenvalue weighted by atomic mass is 9.95. The smallest absolute Gasteiger partial charge is 0.231 e. The summed E-state index contributed by atoms with van der Waals surface area (Å²) in [6, 6.07) is 0. The van der Waals surface area contributed by atoms with Crippen LogP contribution in [0.5, 0.6) is 0 Å². The zero-order valence-electron chi connectivity index (χ0n) is 16.6. The number of rotatable bonds is 5. The molecule has 1 amide bonds. The molecule has 26 heavy (non-hydrogen) atoms. The molecule has 2 aromatic heterocycles. The van der Waals surface area contributed by atoms with Crippen molar-refractivity contribution in [1.82, 2.24) is 15.3 Å². The van der Waals surface area contributed by atoms with Crippen LogP contribution in [0.2, 0.25) is 0 Å². The summed E-state index contributed by atoms with van der Waals surface area (Å²) >= 11 is 0. The highest BCUT2D eigenvalue weighted by Crippen LogP contribution is 2.33. The topological polar surface area (TPSA) is 71.3 Å². The number of nitrogens with zero attached hydrogens (tertiary/aromatic N) is 3. The standard InChI is InChI=1S/C20H30N4O2/c1-12(2)6-9-21-19(25)16-7-10-24(11-8-16)18-17-13(3)14(4)26-20(17)23-15(5)22-18/h12,16H,6-11H2,1-5H3,(H,21,25). The molecule has 2 aromatic rings. The van der Waals surface area contributed by atoms with Gasteiger partial charge in [0.25, 0.3) is 0 Å². The summed E-state index contributed by atoms with van der Waals surface area (Å²) in [7, 11) is 0. The second kappa shape index (κ2) is 7.64. The van der Waals surface area contributed by atoms with Crippen molar-refractivity contribution in [3.63, 3.8) is 0 Å². The van der Waals surface area contributed by atoms with Crippen LogP contribution in [-0.4, -0.2) is 35.5 Å². The summed E-state index contributed by atoms with van der Waals surface area (Å²) in [5.41, 5.74) is 1.76. The Morgan fingerprint density at radius 3 is 2.58 bits per heavy atom. The predicted molar refractivity (Wildman–Crippen MR) is 103 cm³/mol. The number of aromatic nitrogens is 2. The summed E-state index contributed by atoms with van der Waals surface area (Å²) in [6.07, 6.45) is 2.74. The van der Waals surface area contributed by atoms with Crippen molar-refractivity contribution in [2.75, 3.05) is 24.5 Å². The predicted octanol–water partition coefficient (Wildman–Crippen LogP) is 3.53. The average Bonchev–Trinajstić information content (AvgIpc) is 2.88. The third-order valence-corrected chi connectivity index (χ3v) is 5.31. The Bertz CT molecular complexity index is 789. The van der Waals surface area contributed by atoms with Gasteiger partial charge in [-0.1, -0.05) is 13.8 Å². The summed E-state index contributed by atoms with van der Waals surface area (Å²) in [5.74, 6) is 3.46. The first kappa shape index (κ1) is 18.7. The molecule has 1 saturated heterocycles. The lowest BCUT2D eigenvalue weighted by Gasteiger charge is -2.32. The van der Waals surface area contributed by atoms with Crippen LogP contribution >= 0.6 is 0 Å². The summed E-state index contributed by atoms with van der Waals surface area (Å²) in [5, 5.41) is 4.10. The van der Waals surface area contributed by atoms with Gasteiger partial charge in [0.2, 0.25) is 11.6 Å². The molecule has 142 valence electrons. The molecule has 0 unspecified atom stereocenters. The van der Waals surface area contributed by atoms with E-state index in [1.807, 2.05) is 13.8 Å². The van der Waals surface area contributed by atoms with E-state index in [9.17, 15) is 4.79 Å². The van der Waals surface area contributed by atoms with Gasteiger partial charge in [-0.25, -0.2) is 4.98 Å². The highest BCUT2D eigenvalue weighted by molar-refractivity contribution is 5.90. The van der Waals surface area contributed by atoms with Crippen molar-refractivity contribution in [3.05, 3.63) is 17.1 Å². The van der Waals surface area contributed by atoms with Gasteiger partial charge in [0.15, 0.2) is 0 Å². The Balaban J connectivity index is 1.69. The maximum Gasteiger partial charge on any atom is 0.231 e. The van der Waals surface area contributed by atoms with E-state index >= 15 is 0 Å². The second-order valence-corrected chi connectivity index (χ2v) is 7.79. The van der Waals surface area contributed by atoms with Crippen LogP contribution in [0.15, 0.2) is 4.42 Å². The largest absolute Gasteiger partial charge is 0.443 e. The van der Waals surface area contributed by atoms with Crippen molar-refractivity contribution in [2.45, 2.75) is 53.9 Å². The number of hydrogen-bond acceptors (Lipinski definition) is 5. The molecular formula is C20H30N4O2. The van der Waals surface area contributed by atoms with E-state index in [2.05, 4.69) is 36.0 Å². The molecule has 0 atom stereocenters. The van der Waals surface area contributed by atoms with Crippen LogP contribution < -0.4 is 10.2 Å². The van der Waals surface area contributed by atoms with E-state index in [0.29, 0.717) is 11.6 Å². The van der Waals surface area contributed by atoms with Gasteiger partial charge < -0.3 is 14.6 Å². The number of aryl methyl sites for hydroxylation is 3. The lowest BCUT2D eigenvalue weighted by molar-refractivity contribution is -0.125. The second-order valence-electron chi connectivity index (χ2n) is 7.79. The quantitative estimate of drug-likeness (QED) is 0.885. The first-order chi connectivity index (χ1) is 12.4. The van der Waals surface area contributed by atoms with Crippen LogP contribution in [0, 0.1) is 32.6 Å². The van der Waals surface area contributed by atoms with Crippen molar-refractivity contribution >= 4 is 22.8 Å². The molecule has 6 nitrogen and oxygen atoms in total. The Hall–Kier alpha value is -2.11. The first-order valence-corrected chi connectivity index (χ1v) is 9.63. The number of anilines is 1. The number of piperidine rings is 1. The Labute approximate surface area is 155 Å². The van der Waals surface area contributed by atoms with Gasteiger partial charge in [-0.2, -0.15) is 4.98 Å². The Morgan fingerprint density at radius 2 is 1.92 bits per heavy atom. The number of hydrogen-bond donors (Lipinski definition) is 1. The summed E-state index contributed by atoms with van der Waals surface area (Å²) in [6.45, 7) is 12.7. The van der Waals surface area contributed by atoms with E-state index in [1.54, 1.807) is 0 Å². The molecule has 0 spiro atoms. The molecule has 6 heteroatoms. The van der Waals surface area contributed by atoms with Gasteiger partial charge in [-0.3, -0.25) is 4.79 Å². The van der Waals surface area contributed by atoms with Gasteiger partial charge in [-0.05, 0) is 46.0 Å². The van der Waals surface area contributed by atoms with Crippen LogP contribution in [0.1, 0.15) is 50.3 Å². The summed E-state index contributed by atoms with van der Waals surface area (Å²) in [4.78, 5) is 23.8. The Morgan fingerprint density at radius 1 is 1.23 bits per heavy atom. The number of amides is 1. The fourth-order valence-corrected chi connectivity index (χ4v) is 3.54. The van der Waals surface area contributed by atoms with E-state index in [4.69, 9.17) is 9.40 Å². The van der Waals surface area contributed by atoms with Crippen molar-refractivity contribution in [3.8, 4) is 0 Å². The zero-order chi connectivity index (χ0) is 18.8. The summed E-state index contributed by atoms with van der Waals surface area (Å²) < 4.78 is 5.79. The minimum absolute atomic E-state index is 0.101. The Kier molecular flexibility index (Phi) is 5.49. The normalized spacial score (nSPS) is 15.8. The number of fused-ring (bicyclic) bond motifs is 1. The molecule has 0 aliphatic carbocycles. The SMILES string of the molecule is Cc1nc(N2CCC(C(=O)NCCC(C)C)CC2)c2c(C)c(C)oc2n1. The molecule has 3 rings (SSSR count). The number of nitrogens with one attached hydrogen (secondary N) is 1. The van der Waals surface area contributed by atoms with E-state index in [-0.39, 0.29) is 11.8 Å². The van der Waals surface area contributed by atoms with E-state index in [0.717, 1.165) is 67.2 Å². The fraction of sp³-hybridized carbons (Fsp3) is 0.650. The molecule has 1 aliphatic rings. The number of carbonyl (C=O) groups excluding carboxylic acids is 1. The van der Waals surface area contributed by atoms with Gasteiger partial charge in [0, 0.05) is 31.1 Å². The van der Waals surface area contributed by atoms with Gasteiger partial charge in [0.1, 0.15) is 17.4 Å². The van der Waals surface area contributed by atoms with Crippen molar-refractivity contribution < 1.29 is 9.21 Å². The molecule has 0 radical (unpaired) electrons. The lowest BCUT2D eigenvalue weighted by Crippen LogP contribution is -2.41. The van der Waals surface area contributed by atoms with Gasteiger partial charge >= 0.3 is 0 Å². The minimum atomic E-state index is 0.101. The van der Waals surface area contributed by atoms with Crippen LogP contribution in [0.3, 0.4) is 0 Å². The molecule has 0 bridgehead atoms. The van der Waals surface area contributed by atoms with Gasteiger partial charge in [0.05, 0.1) is 5.39 Å². The minimum Gasteiger partial charge on any atom is -0.443 e. The highest BCUT2D eigenvalue weighted by atomic mass is 16.3. The van der Waals surface area contributed by atoms with E-state index < -0.39 is 0 Å². The number of carbonyl (C=O) groups is 1. The maximum absolute atomic E-state index is 12.4. The number of furan rings is 1. The van der Waals surface area contributed by atoms with Gasteiger partial charge in [-0.15, -0.1) is 0 Å². The average molecular weight is 358 g/mol. The molecule has 0 saturated carbocycles. The van der Waals surface area contributed by atoms with Crippen molar-refractivity contribution in [1.29, 1.82) is 0 Å². The van der Waals surface area contributed by atoms with Crippen LogP contribution in [0.25, 0.3) is 11.1 Å². The highest BCUT2D eigenvalue weighted by Gasteiger charge is 2.28. The third-order valence-electron chi connectivity index (χ3n) is 5.31. The fourth-order valence-electron chi connectivity index (χ4n) is 3.54. The molecule has 0 aromatic carbocycles. The monoisotopic (exact) mass is 358 g/mol. The molecular weight excluding hydrogens is 328 g/mol. The third kappa shape index (κ3) is 3.84. The first-order valence-electron chi connectivity index (χ1n) is 9.63. The molecule has 1 N–H and O–H groups in total. The van der Waals surface area contributed by atoms with Crippen molar-refractivity contribution in [2.24, 2.45) is 11.8 Å². The van der Waals surface area contributed by atoms with Crippen LogP contribution in [-0.2, 0) is 4.79 Å². The van der Waals surface area contributed by atoms with E-state index in [1.165, 1.54) is 0 Å². The van der Waals surface area contributed by atoms with Crippen LogP contribution in [0.4, 0.5) is 5.82 Å². The maximum atomic E-state index is 12.4. The molecule has 1 fully saturated rings. The molecule has 3 heterocycles. The molecule has 1 aliphatic heterocycles. The zero-order valence-corrected chi connectivity index (χ0v) is 16.6.